The fourth-order valence-corrected chi connectivity index (χ4v) is 4.37. The van der Waals surface area contributed by atoms with Crippen molar-refractivity contribution in [3.63, 3.8) is 0 Å². The van der Waals surface area contributed by atoms with Gasteiger partial charge in [-0.2, -0.15) is 0 Å². The van der Waals surface area contributed by atoms with E-state index >= 15 is 0 Å². The Labute approximate surface area is 161 Å². The third-order valence-corrected chi connectivity index (χ3v) is 5.87. The molecule has 0 aliphatic carbocycles. The molecule has 142 valence electrons. The van der Waals surface area contributed by atoms with Crippen molar-refractivity contribution in [1.29, 1.82) is 0 Å². The van der Waals surface area contributed by atoms with Gasteiger partial charge in [0.25, 0.3) is 11.6 Å². The summed E-state index contributed by atoms with van der Waals surface area (Å²) >= 11 is 1.72. The van der Waals surface area contributed by atoms with E-state index in [1.807, 2.05) is 17.2 Å². The second kappa shape index (κ2) is 7.87. The average molecular weight is 387 g/mol. The summed E-state index contributed by atoms with van der Waals surface area (Å²) in [7, 11) is 0. The minimum absolute atomic E-state index is 0.0323. The molecule has 7 nitrogen and oxygen atoms in total. The Morgan fingerprint density at radius 1 is 1.37 bits per heavy atom. The molecule has 0 saturated carbocycles. The summed E-state index contributed by atoms with van der Waals surface area (Å²) in [4.78, 5) is 38.6. The van der Waals surface area contributed by atoms with E-state index in [0.717, 1.165) is 12.8 Å². The summed E-state index contributed by atoms with van der Waals surface area (Å²) in [6.07, 6.45) is 1.64. The van der Waals surface area contributed by atoms with E-state index in [1.165, 1.54) is 28.6 Å². The van der Waals surface area contributed by atoms with E-state index in [0.29, 0.717) is 12.1 Å². The number of nitro benzene ring substituents is 1. The van der Waals surface area contributed by atoms with Gasteiger partial charge in [0.15, 0.2) is 0 Å². The Balaban J connectivity index is 1.66. The molecule has 1 N–H and O–H groups in total. The van der Waals surface area contributed by atoms with Crippen LogP contribution in [0.2, 0.25) is 0 Å². The van der Waals surface area contributed by atoms with Gasteiger partial charge in [-0.1, -0.05) is 13.0 Å². The molecule has 0 radical (unpaired) electrons. The van der Waals surface area contributed by atoms with E-state index < -0.39 is 10.8 Å². The molecule has 0 spiro atoms. The summed E-state index contributed by atoms with van der Waals surface area (Å²) in [6.45, 7) is 4.16. The Bertz CT molecular complexity index is 893. The molecule has 2 amide bonds. The molecule has 0 bridgehead atoms. The molecule has 8 heteroatoms. The Kier molecular flexibility index (Phi) is 5.55. The smallest absolute Gasteiger partial charge is 0.273 e. The molecule has 1 aliphatic heterocycles. The lowest BCUT2D eigenvalue weighted by Crippen LogP contribution is -2.44. The number of thiophene rings is 1. The van der Waals surface area contributed by atoms with Gasteiger partial charge in [-0.05, 0) is 42.8 Å². The van der Waals surface area contributed by atoms with Gasteiger partial charge in [-0.15, -0.1) is 11.3 Å². The monoisotopic (exact) mass is 387 g/mol. The van der Waals surface area contributed by atoms with E-state index in [-0.39, 0.29) is 29.7 Å². The molecule has 1 atom stereocenters. The Morgan fingerprint density at radius 2 is 2.15 bits per heavy atom. The molecule has 3 rings (SSSR count). The fourth-order valence-electron chi connectivity index (χ4n) is 3.44. The minimum atomic E-state index is -0.519. The van der Waals surface area contributed by atoms with Crippen LogP contribution in [-0.4, -0.2) is 34.7 Å². The van der Waals surface area contributed by atoms with Crippen LogP contribution in [0.5, 0.6) is 0 Å². The molecule has 0 fully saturated rings. The number of aryl methyl sites for hydroxylation is 1. The number of nitrogens with zero attached hydrogens (tertiary/aromatic N) is 2. The van der Waals surface area contributed by atoms with Gasteiger partial charge in [-0.25, -0.2) is 0 Å². The highest BCUT2D eigenvalue weighted by molar-refractivity contribution is 7.10. The zero-order valence-electron chi connectivity index (χ0n) is 15.2. The molecule has 2 aromatic rings. The lowest BCUT2D eigenvalue weighted by atomic mass is 9.98. The third-order valence-electron chi connectivity index (χ3n) is 4.87. The van der Waals surface area contributed by atoms with Crippen LogP contribution in [0.15, 0.2) is 29.6 Å². The maximum absolute atomic E-state index is 12.7. The molecule has 0 saturated heterocycles. The van der Waals surface area contributed by atoms with Gasteiger partial charge < -0.3 is 10.2 Å². The zero-order chi connectivity index (χ0) is 19.6. The van der Waals surface area contributed by atoms with Crippen LogP contribution in [0, 0.1) is 17.0 Å². The summed E-state index contributed by atoms with van der Waals surface area (Å²) in [5.74, 6) is -0.638. The first-order valence-corrected chi connectivity index (χ1v) is 9.69. The summed E-state index contributed by atoms with van der Waals surface area (Å²) in [5, 5.41) is 15.7. The Hall–Kier alpha value is -2.74. The number of rotatable bonds is 5. The van der Waals surface area contributed by atoms with E-state index in [2.05, 4.69) is 11.4 Å². The SMILES string of the molecule is CC[C@H]1c2ccsc2CCN1C(=O)CNC(=O)c1ccc(C)c([N+](=O)[O-])c1. The lowest BCUT2D eigenvalue weighted by Gasteiger charge is -2.35. The Morgan fingerprint density at radius 3 is 2.85 bits per heavy atom. The van der Waals surface area contributed by atoms with Gasteiger partial charge in [-0.3, -0.25) is 19.7 Å². The second-order valence-electron chi connectivity index (χ2n) is 6.50. The first-order valence-electron chi connectivity index (χ1n) is 8.81. The quantitative estimate of drug-likeness (QED) is 0.630. The first-order chi connectivity index (χ1) is 12.9. The topological polar surface area (TPSA) is 92.6 Å². The van der Waals surface area contributed by atoms with Crippen LogP contribution in [0.25, 0.3) is 0 Å². The number of hydrogen-bond acceptors (Lipinski definition) is 5. The maximum Gasteiger partial charge on any atom is 0.273 e. The summed E-state index contributed by atoms with van der Waals surface area (Å²) < 4.78 is 0. The van der Waals surface area contributed by atoms with Crippen molar-refractivity contribution in [2.24, 2.45) is 0 Å². The highest BCUT2D eigenvalue weighted by Gasteiger charge is 2.30. The normalized spacial score (nSPS) is 15.9. The van der Waals surface area contributed by atoms with Crippen molar-refractivity contribution in [3.05, 3.63) is 61.3 Å². The van der Waals surface area contributed by atoms with Gasteiger partial charge in [0.2, 0.25) is 5.91 Å². The molecule has 2 heterocycles. The molecule has 1 aromatic carbocycles. The third kappa shape index (κ3) is 3.85. The number of benzene rings is 1. The van der Waals surface area contributed by atoms with Crippen molar-refractivity contribution < 1.29 is 14.5 Å². The van der Waals surface area contributed by atoms with Crippen molar-refractivity contribution in [2.75, 3.05) is 13.1 Å². The van der Waals surface area contributed by atoms with Crippen molar-refractivity contribution in [2.45, 2.75) is 32.7 Å². The fraction of sp³-hybridized carbons (Fsp3) is 0.368. The molecule has 1 aliphatic rings. The van der Waals surface area contributed by atoms with Gasteiger partial charge in [0.1, 0.15) is 0 Å². The van der Waals surface area contributed by atoms with Crippen LogP contribution in [0.4, 0.5) is 5.69 Å². The number of fused-ring (bicyclic) bond motifs is 1. The molecule has 1 aromatic heterocycles. The molecular formula is C19H21N3O4S. The van der Waals surface area contributed by atoms with Crippen molar-refractivity contribution in [1.82, 2.24) is 10.2 Å². The van der Waals surface area contributed by atoms with E-state index in [9.17, 15) is 19.7 Å². The zero-order valence-corrected chi connectivity index (χ0v) is 16.0. The van der Waals surface area contributed by atoms with E-state index in [4.69, 9.17) is 0 Å². The average Bonchev–Trinajstić information content (AvgIpc) is 3.13. The standard InChI is InChI=1S/C19H21N3O4S/c1-3-15-14-7-9-27-17(14)6-8-21(15)18(23)11-20-19(24)13-5-4-12(2)16(10-13)22(25)26/h4-5,7,9-10,15H,3,6,8,11H2,1-2H3,(H,20,24)/t15-/m0/s1. The van der Waals surface area contributed by atoms with Crippen LogP contribution in [-0.2, 0) is 11.2 Å². The molecule has 27 heavy (non-hydrogen) atoms. The summed E-state index contributed by atoms with van der Waals surface area (Å²) in [6, 6.07) is 6.39. The number of carbonyl (C=O) groups excluding carboxylic acids is 2. The number of nitro groups is 1. The predicted octanol–water partition coefficient (Wildman–Crippen LogP) is 3.23. The lowest BCUT2D eigenvalue weighted by molar-refractivity contribution is -0.385. The summed E-state index contributed by atoms with van der Waals surface area (Å²) in [5.41, 5.74) is 1.74. The highest BCUT2D eigenvalue weighted by Crippen LogP contribution is 2.35. The van der Waals surface area contributed by atoms with Crippen molar-refractivity contribution in [3.8, 4) is 0 Å². The largest absolute Gasteiger partial charge is 0.343 e. The maximum atomic E-state index is 12.7. The number of nitrogens with one attached hydrogen (secondary N) is 1. The predicted molar refractivity (Wildman–Crippen MR) is 103 cm³/mol. The first kappa shape index (κ1) is 19.0. The van der Waals surface area contributed by atoms with Gasteiger partial charge in [0.05, 0.1) is 17.5 Å². The van der Waals surface area contributed by atoms with Crippen LogP contribution in [0.1, 0.15) is 45.7 Å². The molecule has 0 unspecified atom stereocenters. The highest BCUT2D eigenvalue weighted by atomic mass is 32.1. The van der Waals surface area contributed by atoms with Crippen LogP contribution >= 0.6 is 11.3 Å². The second-order valence-corrected chi connectivity index (χ2v) is 7.50. The van der Waals surface area contributed by atoms with Crippen LogP contribution < -0.4 is 5.32 Å². The van der Waals surface area contributed by atoms with Gasteiger partial charge >= 0.3 is 0 Å². The minimum Gasteiger partial charge on any atom is -0.343 e. The number of hydrogen-bond donors (Lipinski definition) is 1. The number of amides is 2. The van der Waals surface area contributed by atoms with Gasteiger partial charge in [0, 0.05) is 28.6 Å². The van der Waals surface area contributed by atoms with Crippen LogP contribution in [0.3, 0.4) is 0 Å². The number of carbonyl (C=O) groups is 2. The van der Waals surface area contributed by atoms with E-state index in [1.54, 1.807) is 18.3 Å². The van der Waals surface area contributed by atoms with Crippen molar-refractivity contribution >= 4 is 28.8 Å². The molecular weight excluding hydrogens is 366 g/mol.